The second-order valence-corrected chi connectivity index (χ2v) is 8.11. The van der Waals surface area contributed by atoms with Crippen molar-refractivity contribution >= 4 is 21.5 Å². The van der Waals surface area contributed by atoms with Crippen molar-refractivity contribution in [3.8, 4) is 33.8 Å². The summed E-state index contributed by atoms with van der Waals surface area (Å²) in [5.74, 6) is -11.6. The first-order valence-corrected chi connectivity index (χ1v) is 10.8. The van der Waals surface area contributed by atoms with Gasteiger partial charge in [0.25, 0.3) is 0 Å². The Morgan fingerprint density at radius 2 is 1.03 bits per heavy atom. The second kappa shape index (κ2) is 8.99. The molecular weight excluding hydrogens is 501 g/mol. The molecule has 0 aliphatic heterocycles. The van der Waals surface area contributed by atoms with E-state index in [-0.39, 0.29) is 22.3 Å². The quantitative estimate of drug-likeness (QED) is 0.104. The molecule has 0 amide bonds. The molecule has 0 aromatic heterocycles. The third-order valence-electron chi connectivity index (χ3n) is 6.18. The van der Waals surface area contributed by atoms with Gasteiger partial charge in [0.1, 0.15) is 29.0 Å². The van der Waals surface area contributed by atoms with Crippen molar-refractivity contribution in [1.82, 2.24) is 0 Å². The molecule has 0 radical (unpaired) electrons. The molecule has 0 fully saturated rings. The standard InChI is InChI=1S/C28H15F7O2/c1-36-13-8-6-12(7-9-13)19-15-4-3-5-16(29)20(15)22(21-17(30)10-14(37-2)11-18(21)31)24-23(19)25(32)27(34)28(35)26(24)33/h3-11H,1-2H3. The van der Waals surface area contributed by atoms with Crippen molar-refractivity contribution in [2.24, 2.45) is 0 Å². The largest absolute Gasteiger partial charge is 0.497 e. The second-order valence-electron chi connectivity index (χ2n) is 8.11. The van der Waals surface area contributed by atoms with Crippen LogP contribution in [0.25, 0.3) is 43.8 Å². The molecule has 5 aromatic rings. The molecule has 5 rings (SSSR count). The van der Waals surface area contributed by atoms with Crippen LogP contribution in [0.15, 0.2) is 54.6 Å². The van der Waals surface area contributed by atoms with Gasteiger partial charge in [-0.2, -0.15) is 0 Å². The van der Waals surface area contributed by atoms with Crippen molar-refractivity contribution < 1.29 is 40.2 Å². The Balaban J connectivity index is 2.11. The van der Waals surface area contributed by atoms with E-state index in [4.69, 9.17) is 9.47 Å². The van der Waals surface area contributed by atoms with Crippen molar-refractivity contribution in [3.63, 3.8) is 0 Å². The van der Waals surface area contributed by atoms with E-state index in [2.05, 4.69) is 0 Å². The Bertz CT molecular complexity index is 1690. The maximum Gasteiger partial charge on any atom is 0.198 e. The molecule has 37 heavy (non-hydrogen) atoms. The third-order valence-corrected chi connectivity index (χ3v) is 6.18. The molecule has 188 valence electrons. The first kappa shape index (κ1) is 24.4. The average Bonchev–Trinajstić information content (AvgIpc) is 2.89. The van der Waals surface area contributed by atoms with Gasteiger partial charge in [-0.15, -0.1) is 0 Å². The minimum absolute atomic E-state index is 0.119. The summed E-state index contributed by atoms with van der Waals surface area (Å²) in [7, 11) is 2.55. The van der Waals surface area contributed by atoms with E-state index >= 15 is 22.0 Å². The van der Waals surface area contributed by atoms with E-state index in [1.807, 2.05) is 0 Å². The lowest BCUT2D eigenvalue weighted by Gasteiger charge is -2.20. The van der Waals surface area contributed by atoms with Crippen LogP contribution in [0.3, 0.4) is 0 Å². The molecule has 0 saturated carbocycles. The maximum atomic E-state index is 15.5. The fourth-order valence-corrected chi connectivity index (χ4v) is 4.56. The van der Waals surface area contributed by atoms with Gasteiger partial charge in [0.15, 0.2) is 23.3 Å². The topological polar surface area (TPSA) is 18.5 Å². The number of fused-ring (bicyclic) bond motifs is 2. The number of ether oxygens (including phenoxy) is 2. The monoisotopic (exact) mass is 516 g/mol. The van der Waals surface area contributed by atoms with Gasteiger partial charge in [0.2, 0.25) is 0 Å². The molecule has 2 nitrogen and oxygen atoms in total. The normalized spacial score (nSPS) is 11.4. The molecule has 0 aliphatic rings. The van der Waals surface area contributed by atoms with Gasteiger partial charge in [-0.05, 0) is 29.1 Å². The van der Waals surface area contributed by atoms with Gasteiger partial charge in [-0.1, -0.05) is 24.3 Å². The maximum absolute atomic E-state index is 15.5. The summed E-state index contributed by atoms with van der Waals surface area (Å²) in [6.07, 6.45) is 0. The molecular formula is C28H15F7O2. The lowest BCUT2D eigenvalue weighted by atomic mass is 9.84. The molecule has 0 N–H and O–H groups in total. The summed E-state index contributed by atoms with van der Waals surface area (Å²) < 4.78 is 116. The first-order valence-electron chi connectivity index (χ1n) is 10.8. The summed E-state index contributed by atoms with van der Waals surface area (Å²) in [5, 5.41) is -2.48. The zero-order valence-electron chi connectivity index (χ0n) is 19.2. The molecule has 0 aliphatic carbocycles. The number of methoxy groups -OCH3 is 2. The molecule has 9 heteroatoms. The number of benzene rings is 5. The fourth-order valence-electron chi connectivity index (χ4n) is 4.56. The highest BCUT2D eigenvalue weighted by Gasteiger charge is 2.31. The molecule has 0 atom stereocenters. The Morgan fingerprint density at radius 3 is 1.57 bits per heavy atom. The Kier molecular flexibility index (Phi) is 5.94. The van der Waals surface area contributed by atoms with E-state index in [1.54, 1.807) is 0 Å². The van der Waals surface area contributed by atoms with Gasteiger partial charge in [0, 0.05) is 39.4 Å². The van der Waals surface area contributed by atoms with Crippen LogP contribution in [0.4, 0.5) is 30.7 Å². The Hall–Kier alpha value is -4.27. The van der Waals surface area contributed by atoms with Crippen molar-refractivity contribution in [1.29, 1.82) is 0 Å². The number of halogens is 7. The SMILES string of the molecule is COc1ccc(-c2c3cccc(F)c3c(-c3c(F)cc(OC)cc3F)c3c(F)c(F)c(F)c(F)c23)cc1. The van der Waals surface area contributed by atoms with E-state index in [9.17, 15) is 8.78 Å². The van der Waals surface area contributed by atoms with Crippen LogP contribution in [0.1, 0.15) is 0 Å². The highest BCUT2D eigenvalue weighted by Crippen LogP contribution is 2.48. The lowest BCUT2D eigenvalue weighted by Crippen LogP contribution is -2.05. The summed E-state index contributed by atoms with van der Waals surface area (Å²) in [5.41, 5.74) is -1.83. The van der Waals surface area contributed by atoms with Crippen LogP contribution in [0, 0.1) is 40.7 Å². The molecule has 0 spiro atoms. The van der Waals surface area contributed by atoms with Crippen LogP contribution in [-0.2, 0) is 0 Å². The molecule has 0 unspecified atom stereocenters. The number of hydrogen-bond acceptors (Lipinski definition) is 2. The molecule has 5 aromatic carbocycles. The van der Waals surface area contributed by atoms with Gasteiger partial charge >= 0.3 is 0 Å². The first-order chi connectivity index (χ1) is 17.7. The summed E-state index contributed by atoms with van der Waals surface area (Å²) in [6, 6.07) is 10.8. The van der Waals surface area contributed by atoms with Gasteiger partial charge < -0.3 is 9.47 Å². The lowest BCUT2D eigenvalue weighted by molar-refractivity contribution is 0.407. The minimum Gasteiger partial charge on any atom is -0.497 e. The van der Waals surface area contributed by atoms with Crippen molar-refractivity contribution in [2.75, 3.05) is 14.2 Å². The van der Waals surface area contributed by atoms with Gasteiger partial charge in [0.05, 0.1) is 19.8 Å². The van der Waals surface area contributed by atoms with Crippen molar-refractivity contribution in [3.05, 3.63) is 95.3 Å². The predicted octanol–water partition coefficient (Wildman–Crippen LogP) is 8.32. The van der Waals surface area contributed by atoms with Crippen LogP contribution >= 0.6 is 0 Å². The number of rotatable bonds is 4. The van der Waals surface area contributed by atoms with Crippen LogP contribution in [-0.4, -0.2) is 14.2 Å². The highest BCUT2D eigenvalue weighted by atomic mass is 19.2. The molecule has 0 bridgehead atoms. The zero-order valence-corrected chi connectivity index (χ0v) is 19.2. The fraction of sp³-hybridized carbons (Fsp3) is 0.0714. The smallest absolute Gasteiger partial charge is 0.198 e. The molecule has 0 saturated heterocycles. The zero-order chi connectivity index (χ0) is 26.6. The average molecular weight is 516 g/mol. The highest BCUT2D eigenvalue weighted by molar-refractivity contribution is 6.22. The van der Waals surface area contributed by atoms with Crippen LogP contribution < -0.4 is 9.47 Å². The predicted molar refractivity (Wildman–Crippen MR) is 125 cm³/mol. The summed E-state index contributed by atoms with van der Waals surface area (Å²) in [6.45, 7) is 0. The minimum atomic E-state index is -2.21. The summed E-state index contributed by atoms with van der Waals surface area (Å²) in [4.78, 5) is 0. The Labute approximate surface area is 205 Å². The van der Waals surface area contributed by atoms with E-state index in [0.717, 1.165) is 25.3 Å². The van der Waals surface area contributed by atoms with Crippen LogP contribution in [0.2, 0.25) is 0 Å². The van der Waals surface area contributed by atoms with Crippen molar-refractivity contribution in [2.45, 2.75) is 0 Å². The van der Waals surface area contributed by atoms with E-state index in [1.165, 1.54) is 43.5 Å². The summed E-state index contributed by atoms with van der Waals surface area (Å²) >= 11 is 0. The van der Waals surface area contributed by atoms with E-state index in [0.29, 0.717) is 5.75 Å². The Morgan fingerprint density at radius 1 is 0.486 bits per heavy atom. The van der Waals surface area contributed by atoms with Gasteiger partial charge in [-0.25, -0.2) is 30.7 Å². The van der Waals surface area contributed by atoms with Gasteiger partial charge in [-0.3, -0.25) is 0 Å². The third kappa shape index (κ3) is 3.64. The van der Waals surface area contributed by atoms with Crippen LogP contribution in [0.5, 0.6) is 11.5 Å². The molecule has 0 heterocycles. The number of hydrogen-bond donors (Lipinski definition) is 0. The van der Waals surface area contributed by atoms with E-state index < -0.39 is 68.0 Å².